The molecule has 1 aliphatic heterocycles. The van der Waals surface area contributed by atoms with E-state index in [-0.39, 0.29) is 33.1 Å². The van der Waals surface area contributed by atoms with Gasteiger partial charge in [0.1, 0.15) is 27.7 Å². The highest BCUT2D eigenvalue weighted by atomic mass is 32.1. The summed E-state index contributed by atoms with van der Waals surface area (Å²) in [6.07, 6.45) is -0.379. The van der Waals surface area contributed by atoms with E-state index < -0.39 is 53.5 Å². The van der Waals surface area contributed by atoms with E-state index in [9.17, 15) is 31.9 Å². The van der Waals surface area contributed by atoms with Gasteiger partial charge in [0.15, 0.2) is 0 Å². The summed E-state index contributed by atoms with van der Waals surface area (Å²) in [5, 5.41) is 12.6. The van der Waals surface area contributed by atoms with Crippen molar-refractivity contribution in [2.24, 2.45) is 0 Å². The maximum absolute atomic E-state index is 14.0. The van der Waals surface area contributed by atoms with Crippen LogP contribution in [0, 0.1) is 25.5 Å². The van der Waals surface area contributed by atoms with Crippen LogP contribution in [0.3, 0.4) is 0 Å². The van der Waals surface area contributed by atoms with Crippen molar-refractivity contribution in [1.82, 2.24) is 20.1 Å². The molecule has 13 heteroatoms. The zero-order chi connectivity index (χ0) is 26.7. The maximum Gasteiger partial charge on any atom is 0.294 e. The van der Waals surface area contributed by atoms with E-state index in [0.717, 1.165) is 23.5 Å². The predicted molar refractivity (Wildman–Crippen MR) is 125 cm³/mol. The summed E-state index contributed by atoms with van der Waals surface area (Å²) in [6.45, 7) is 3.13. The average molecular weight is 536 g/mol. The van der Waals surface area contributed by atoms with Gasteiger partial charge >= 0.3 is 0 Å². The predicted octanol–water partition coefficient (Wildman–Crippen LogP) is 4.06. The van der Waals surface area contributed by atoms with Gasteiger partial charge in [0.05, 0.1) is 11.3 Å². The first-order valence-electron chi connectivity index (χ1n) is 11.4. The average Bonchev–Trinajstić information content (AvgIpc) is 3.53. The van der Waals surface area contributed by atoms with E-state index in [1.807, 2.05) is 0 Å². The quantitative estimate of drug-likeness (QED) is 0.281. The SMILES string of the molecule is Cc1c(F)cc(NC(=O)c2c(C)c(C(=O)C(=O)NC3(c4nncs4)CC(F)(F)C3)n3c2CCC3)cc1F. The van der Waals surface area contributed by atoms with Gasteiger partial charge in [-0.1, -0.05) is 0 Å². The number of carbonyl (C=O) groups is 3. The molecule has 3 aromatic rings. The number of rotatable bonds is 6. The van der Waals surface area contributed by atoms with Gasteiger partial charge in [-0.3, -0.25) is 14.4 Å². The molecule has 0 spiro atoms. The van der Waals surface area contributed by atoms with E-state index in [0.29, 0.717) is 25.1 Å². The van der Waals surface area contributed by atoms with Crippen molar-refractivity contribution in [2.45, 2.75) is 57.5 Å². The number of carbonyl (C=O) groups excluding carboxylic acids is 3. The Morgan fingerprint density at radius 2 is 1.76 bits per heavy atom. The van der Waals surface area contributed by atoms with Crippen LogP contribution in [0.1, 0.15) is 61.9 Å². The Morgan fingerprint density at radius 1 is 1.08 bits per heavy atom. The molecule has 0 radical (unpaired) electrons. The van der Waals surface area contributed by atoms with Crippen molar-refractivity contribution in [3.63, 3.8) is 0 Å². The third kappa shape index (κ3) is 4.20. The minimum absolute atomic E-state index is 0.0325. The first-order valence-corrected chi connectivity index (χ1v) is 12.3. The number of anilines is 1. The number of aromatic nitrogens is 3. The van der Waals surface area contributed by atoms with Crippen molar-refractivity contribution >= 4 is 34.6 Å². The minimum atomic E-state index is -3.02. The van der Waals surface area contributed by atoms with Crippen molar-refractivity contribution in [2.75, 3.05) is 5.32 Å². The van der Waals surface area contributed by atoms with Gasteiger partial charge < -0.3 is 15.2 Å². The van der Waals surface area contributed by atoms with E-state index in [2.05, 4.69) is 20.8 Å². The Balaban J connectivity index is 1.44. The largest absolute Gasteiger partial charge is 0.341 e. The Labute approximate surface area is 212 Å². The number of benzene rings is 1. The molecule has 2 aliphatic rings. The summed E-state index contributed by atoms with van der Waals surface area (Å²) in [5.74, 6) is -7.44. The second kappa shape index (κ2) is 8.75. The van der Waals surface area contributed by atoms with Crippen molar-refractivity contribution in [3.05, 3.63) is 62.4 Å². The first kappa shape index (κ1) is 25.1. The van der Waals surface area contributed by atoms with Crippen LogP contribution in [-0.4, -0.2) is 38.3 Å². The lowest BCUT2D eigenvalue weighted by molar-refractivity contribution is -0.147. The zero-order valence-corrected chi connectivity index (χ0v) is 20.6. The molecule has 2 amide bonds. The molecular formula is C24H21F4N5O3S. The van der Waals surface area contributed by atoms with Gasteiger partial charge in [0.2, 0.25) is 0 Å². The number of halogens is 4. The monoisotopic (exact) mass is 535 g/mol. The van der Waals surface area contributed by atoms with Gasteiger partial charge in [-0.25, -0.2) is 17.6 Å². The molecule has 0 atom stereocenters. The van der Waals surface area contributed by atoms with E-state index >= 15 is 0 Å². The minimum Gasteiger partial charge on any atom is -0.341 e. The molecular weight excluding hydrogens is 514 g/mol. The summed E-state index contributed by atoms with van der Waals surface area (Å²) < 4.78 is 57.1. The number of nitrogens with zero attached hydrogens (tertiary/aromatic N) is 3. The van der Waals surface area contributed by atoms with Crippen molar-refractivity contribution < 1.29 is 31.9 Å². The summed E-state index contributed by atoms with van der Waals surface area (Å²) >= 11 is 0.998. The first-order chi connectivity index (χ1) is 17.4. The molecule has 8 nitrogen and oxygen atoms in total. The summed E-state index contributed by atoms with van der Waals surface area (Å²) in [6, 6.07) is 1.98. The van der Waals surface area contributed by atoms with Crippen LogP contribution >= 0.6 is 11.3 Å². The normalized spacial score (nSPS) is 17.1. The summed E-state index contributed by atoms with van der Waals surface area (Å²) in [4.78, 5) is 39.5. The molecule has 194 valence electrons. The van der Waals surface area contributed by atoms with Crippen LogP contribution in [0.15, 0.2) is 17.6 Å². The van der Waals surface area contributed by atoms with Gasteiger partial charge in [0, 0.05) is 36.3 Å². The van der Waals surface area contributed by atoms with Crippen LogP contribution < -0.4 is 10.6 Å². The molecule has 2 N–H and O–H groups in total. The molecule has 2 aromatic heterocycles. The second-order valence-corrected chi connectivity index (χ2v) is 10.2. The highest BCUT2D eigenvalue weighted by Crippen LogP contribution is 2.52. The Morgan fingerprint density at radius 3 is 2.35 bits per heavy atom. The number of Topliss-reactive ketones (excluding diaryl/α,β-unsaturated/α-hetero) is 1. The smallest absolute Gasteiger partial charge is 0.294 e. The highest BCUT2D eigenvalue weighted by molar-refractivity contribution is 7.09. The number of hydrogen-bond donors (Lipinski definition) is 2. The van der Waals surface area contributed by atoms with Gasteiger partial charge in [-0.15, -0.1) is 21.5 Å². The fraction of sp³-hybridized carbons (Fsp3) is 0.375. The highest BCUT2D eigenvalue weighted by Gasteiger charge is 2.60. The molecule has 1 aromatic carbocycles. The molecule has 0 saturated heterocycles. The van der Waals surface area contributed by atoms with Crippen LogP contribution in [0.5, 0.6) is 0 Å². The lowest BCUT2D eigenvalue weighted by Crippen LogP contribution is -2.61. The fourth-order valence-electron chi connectivity index (χ4n) is 5.11. The third-order valence-electron chi connectivity index (χ3n) is 6.84. The second-order valence-electron chi connectivity index (χ2n) is 9.39. The number of alkyl halides is 2. The van der Waals surface area contributed by atoms with E-state index in [1.54, 1.807) is 4.57 Å². The number of hydrogen-bond acceptors (Lipinski definition) is 6. The fourth-order valence-corrected chi connectivity index (χ4v) is 5.82. The van der Waals surface area contributed by atoms with Crippen LogP contribution in [0.4, 0.5) is 23.2 Å². The van der Waals surface area contributed by atoms with Gasteiger partial charge in [-0.05, 0) is 44.4 Å². The van der Waals surface area contributed by atoms with Gasteiger partial charge in [-0.2, -0.15) is 0 Å². The van der Waals surface area contributed by atoms with Crippen LogP contribution in [0.25, 0.3) is 0 Å². The summed E-state index contributed by atoms with van der Waals surface area (Å²) in [7, 11) is 0. The Bertz CT molecular complexity index is 1420. The van der Waals surface area contributed by atoms with Crippen molar-refractivity contribution in [3.8, 4) is 0 Å². The van der Waals surface area contributed by atoms with E-state index in [4.69, 9.17) is 0 Å². The van der Waals surface area contributed by atoms with E-state index in [1.165, 1.54) is 19.4 Å². The molecule has 37 heavy (non-hydrogen) atoms. The number of fused-ring (bicyclic) bond motifs is 1. The van der Waals surface area contributed by atoms with Crippen molar-refractivity contribution in [1.29, 1.82) is 0 Å². The molecule has 0 bridgehead atoms. The molecule has 1 saturated carbocycles. The van der Waals surface area contributed by atoms with Crippen LogP contribution in [0.2, 0.25) is 0 Å². The standard InChI is InChI=1S/C24H21F4N5O3S/c1-11-14(25)6-13(7-15(11)26)30-20(35)17-12(2)18(33-5-3-4-16(17)33)19(34)21(36)31-23(8-24(27,28)9-23)22-32-29-10-37-22/h6-7,10H,3-5,8-9H2,1-2H3,(H,30,35)(H,31,36). The number of amides is 2. The molecule has 3 heterocycles. The zero-order valence-electron chi connectivity index (χ0n) is 19.8. The number of ketones is 1. The lowest BCUT2D eigenvalue weighted by Gasteiger charge is -2.45. The Kier molecular flexibility index (Phi) is 5.93. The summed E-state index contributed by atoms with van der Waals surface area (Å²) in [5.41, 5.74) is 0.372. The van der Waals surface area contributed by atoms with Gasteiger partial charge in [0.25, 0.3) is 23.5 Å². The topological polar surface area (TPSA) is 106 Å². The molecule has 5 rings (SSSR count). The number of nitrogens with one attached hydrogen (secondary N) is 2. The van der Waals surface area contributed by atoms with Crippen LogP contribution in [-0.2, 0) is 23.3 Å². The third-order valence-corrected chi connectivity index (χ3v) is 7.74. The maximum atomic E-state index is 14.0. The molecule has 1 aliphatic carbocycles. The molecule has 0 unspecified atom stereocenters. The lowest BCUT2D eigenvalue weighted by atomic mass is 9.73. The Hall–Kier alpha value is -3.61. The molecule has 1 fully saturated rings.